The number of aromatic nitrogens is 2. The number of benzene rings is 2. The number of unbranched alkanes of at least 4 members (excludes halogenated alkanes) is 1. The van der Waals surface area contributed by atoms with Crippen LogP contribution in [0, 0.1) is 0 Å². The van der Waals surface area contributed by atoms with Crippen molar-refractivity contribution in [3.63, 3.8) is 0 Å². The van der Waals surface area contributed by atoms with Gasteiger partial charge in [-0.25, -0.2) is 0 Å². The average Bonchev–Trinajstić information content (AvgIpc) is 3.51. The van der Waals surface area contributed by atoms with Crippen molar-refractivity contribution in [2.75, 3.05) is 53.6 Å². The summed E-state index contributed by atoms with van der Waals surface area (Å²) in [4.78, 5) is 86.2. The number of carbonyl (C=O) groups is 5. The lowest BCUT2D eigenvalue weighted by Gasteiger charge is -2.47. The van der Waals surface area contributed by atoms with Gasteiger partial charge in [-0.2, -0.15) is 0 Å². The van der Waals surface area contributed by atoms with Crippen LogP contribution < -0.4 is 25.1 Å². The normalized spacial score (nSPS) is 19.1. The van der Waals surface area contributed by atoms with Crippen molar-refractivity contribution in [3.8, 4) is 28.4 Å². The van der Waals surface area contributed by atoms with Crippen LogP contribution >= 0.6 is 0 Å². The highest BCUT2D eigenvalue weighted by atomic mass is 16.5. The molecule has 16 nitrogen and oxygen atoms in total. The van der Waals surface area contributed by atoms with Gasteiger partial charge in [0, 0.05) is 76.8 Å². The summed E-state index contributed by atoms with van der Waals surface area (Å²) in [6.45, 7) is 3.86. The number of carbonyl (C=O) groups excluding carboxylic acids is 5. The third-order valence-electron chi connectivity index (χ3n) is 12.1. The first-order chi connectivity index (χ1) is 29.0. The first kappa shape index (κ1) is 40.6. The number of methoxy groups -OCH3 is 2. The molecule has 5 amide bonds. The maximum Gasteiger partial charge on any atom is 0.266 e. The van der Waals surface area contributed by atoms with Crippen molar-refractivity contribution >= 4 is 40.3 Å². The number of hydrogen-bond acceptors (Lipinski definition) is 12. The van der Waals surface area contributed by atoms with E-state index in [1.807, 2.05) is 29.3 Å². The van der Waals surface area contributed by atoms with Crippen LogP contribution in [-0.4, -0.2) is 119 Å². The minimum atomic E-state index is -1.06. The number of aryl methyl sites for hydroxylation is 1. The highest BCUT2D eigenvalue weighted by Crippen LogP contribution is 2.40. The van der Waals surface area contributed by atoms with Crippen LogP contribution in [0.5, 0.6) is 17.2 Å². The summed E-state index contributed by atoms with van der Waals surface area (Å²) in [7, 11) is 5.01. The molecule has 0 aliphatic carbocycles. The second kappa shape index (κ2) is 16.9. The Morgan fingerprint density at radius 2 is 1.70 bits per heavy atom. The number of ether oxygens (including phenoxy) is 4. The van der Waals surface area contributed by atoms with Crippen molar-refractivity contribution in [2.45, 2.75) is 63.1 Å². The maximum absolute atomic E-state index is 13.4. The van der Waals surface area contributed by atoms with Gasteiger partial charge in [0.15, 0.2) is 0 Å². The van der Waals surface area contributed by atoms with Crippen LogP contribution in [0.25, 0.3) is 21.9 Å². The van der Waals surface area contributed by atoms with Gasteiger partial charge in [-0.15, -0.1) is 0 Å². The minimum Gasteiger partial charge on any atom is -0.496 e. The van der Waals surface area contributed by atoms with Crippen molar-refractivity contribution in [1.29, 1.82) is 0 Å². The number of likely N-dealkylation sites (tertiary alicyclic amines) is 1. The second-order valence-electron chi connectivity index (χ2n) is 15.8. The number of rotatable bonds is 12. The number of amides is 5. The molecule has 60 heavy (non-hydrogen) atoms. The largest absolute Gasteiger partial charge is 0.496 e. The lowest BCUT2D eigenvalue weighted by molar-refractivity contribution is -0.159. The summed E-state index contributed by atoms with van der Waals surface area (Å²) in [6.07, 6.45) is 8.17. The van der Waals surface area contributed by atoms with Crippen molar-refractivity contribution in [1.82, 2.24) is 29.6 Å². The van der Waals surface area contributed by atoms with E-state index in [0.717, 1.165) is 52.9 Å². The lowest BCUT2D eigenvalue weighted by Crippen LogP contribution is -2.57. The van der Waals surface area contributed by atoms with Gasteiger partial charge in [0.2, 0.25) is 17.7 Å². The molecule has 0 radical (unpaired) electrons. The molecular weight excluding hydrogens is 773 g/mol. The number of hydrogen-bond donors (Lipinski definition) is 1. The molecule has 4 aromatic rings. The summed E-state index contributed by atoms with van der Waals surface area (Å²) >= 11 is 0. The monoisotopic (exact) mass is 820 g/mol. The van der Waals surface area contributed by atoms with E-state index in [4.69, 9.17) is 18.9 Å². The predicted molar refractivity (Wildman–Crippen MR) is 218 cm³/mol. The summed E-state index contributed by atoms with van der Waals surface area (Å²) in [5, 5.41) is 3.54. The Morgan fingerprint density at radius 1 is 0.933 bits per heavy atom. The van der Waals surface area contributed by atoms with Gasteiger partial charge < -0.3 is 28.4 Å². The van der Waals surface area contributed by atoms with Crippen LogP contribution in [0.3, 0.4) is 0 Å². The zero-order valence-corrected chi connectivity index (χ0v) is 34.0. The summed E-state index contributed by atoms with van der Waals surface area (Å²) in [5.74, 6) is -0.646. The minimum absolute atomic E-state index is 0.0396. The number of morpholine rings is 1. The summed E-state index contributed by atoms with van der Waals surface area (Å²) in [6, 6.07) is 9.52. The Labute approximate surface area is 346 Å². The van der Waals surface area contributed by atoms with Gasteiger partial charge in [-0.1, -0.05) is 6.07 Å². The van der Waals surface area contributed by atoms with Gasteiger partial charge in [-0.3, -0.25) is 48.9 Å². The molecule has 8 rings (SSSR count). The van der Waals surface area contributed by atoms with E-state index in [0.29, 0.717) is 62.4 Å². The number of piperidine rings is 2. The van der Waals surface area contributed by atoms with E-state index in [1.54, 1.807) is 50.4 Å². The molecule has 1 atom stereocenters. The fraction of sp³-hybridized carbons (Fsp3) is 0.432. The fourth-order valence-corrected chi connectivity index (χ4v) is 8.86. The standard InChI is InChI=1S/C44H48N6O10/c1-47-24-31(28-12-15-45-23-30(28)41(47)54)27-21-35(57-2)32(36(22-27)58-3)25-48-16-13-44(14-17-48)26-49(18-20-60-44)38(52)9-4-5-19-59-34-8-6-7-29-39(34)43(56)50(42(29)55)33-10-11-37(51)46-40(33)53/h6-8,12,15,21-24,33H,4-5,9-11,13-14,16-20,25-26H2,1-3H3,(H,46,51,53). The molecule has 1 spiro atoms. The fourth-order valence-electron chi connectivity index (χ4n) is 8.86. The molecule has 1 N–H and O–H groups in total. The van der Waals surface area contributed by atoms with Gasteiger partial charge in [0.05, 0.1) is 55.1 Å². The Balaban J connectivity index is 0.837. The third-order valence-corrected chi connectivity index (χ3v) is 12.1. The van der Waals surface area contributed by atoms with E-state index >= 15 is 0 Å². The van der Waals surface area contributed by atoms with Crippen molar-refractivity contribution in [3.05, 3.63) is 82.0 Å². The smallest absolute Gasteiger partial charge is 0.266 e. The first-order valence-corrected chi connectivity index (χ1v) is 20.3. The molecule has 4 aliphatic heterocycles. The molecule has 0 bridgehead atoms. The van der Waals surface area contributed by atoms with Crippen LogP contribution in [0.2, 0.25) is 0 Å². The lowest BCUT2D eigenvalue weighted by atomic mass is 9.88. The highest BCUT2D eigenvalue weighted by Gasteiger charge is 2.46. The van der Waals surface area contributed by atoms with Crippen LogP contribution in [0.4, 0.5) is 0 Å². The first-order valence-electron chi connectivity index (χ1n) is 20.3. The molecule has 2 aromatic carbocycles. The van der Waals surface area contributed by atoms with E-state index in [2.05, 4.69) is 15.2 Å². The van der Waals surface area contributed by atoms with Gasteiger partial charge in [-0.05, 0) is 73.4 Å². The van der Waals surface area contributed by atoms with Crippen molar-refractivity contribution in [2.24, 2.45) is 7.05 Å². The Bertz CT molecular complexity index is 2410. The molecule has 0 saturated carbocycles. The van der Waals surface area contributed by atoms with Crippen molar-refractivity contribution < 1.29 is 42.9 Å². The predicted octanol–water partition coefficient (Wildman–Crippen LogP) is 3.46. The number of pyridine rings is 2. The Morgan fingerprint density at radius 3 is 2.43 bits per heavy atom. The number of imide groups is 2. The highest BCUT2D eigenvalue weighted by molar-refractivity contribution is 6.24. The molecule has 2 aromatic heterocycles. The molecule has 3 fully saturated rings. The average molecular weight is 821 g/mol. The quantitative estimate of drug-likeness (QED) is 0.163. The number of nitrogens with zero attached hydrogens (tertiary/aromatic N) is 5. The van der Waals surface area contributed by atoms with E-state index < -0.39 is 35.3 Å². The molecule has 1 unspecified atom stereocenters. The van der Waals surface area contributed by atoms with Gasteiger partial charge >= 0.3 is 0 Å². The number of fused-ring (bicyclic) bond motifs is 2. The van der Waals surface area contributed by atoms with E-state index in [9.17, 15) is 28.8 Å². The molecule has 6 heterocycles. The van der Waals surface area contributed by atoms with E-state index in [1.165, 1.54) is 6.07 Å². The number of nitrogens with one attached hydrogen (secondary N) is 1. The Kier molecular flexibility index (Phi) is 11.4. The summed E-state index contributed by atoms with van der Waals surface area (Å²) < 4.78 is 25.7. The molecule has 314 valence electrons. The molecule has 4 aliphatic rings. The molecule has 3 saturated heterocycles. The van der Waals surface area contributed by atoms with E-state index in [-0.39, 0.29) is 47.8 Å². The zero-order chi connectivity index (χ0) is 42.1. The third kappa shape index (κ3) is 7.72. The maximum atomic E-state index is 13.4. The zero-order valence-electron chi connectivity index (χ0n) is 34.0. The SMILES string of the molecule is COc1cc(-c2cn(C)c(=O)c3cnccc23)cc(OC)c1CN1CCC2(CC1)CN(C(=O)CCCCOc1cccc3c1C(=O)N(C1CCC(=O)NC1=O)C3=O)CCO2. The van der Waals surface area contributed by atoms with Gasteiger partial charge in [0.1, 0.15) is 23.3 Å². The van der Waals surface area contributed by atoms with Crippen LogP contribution in [0.15, 0.2) is 59.8 Å². The molecule has 16 heteroatoms. The van der Waals surface area contributed by atoms with Crippen LogP contribution in [0.1, 0.15) is 71.2 Å². The Hall–Kier alpha value is -6.13. The molecular formula is C44H48N6O10. The van der Waals surface area contributed by atoms with Gasteiger partial charge in [0.25, 0.3) is 17.4 Å². The summed E-state index contributed by atoms with van der Waals surface area (Å²) in [5.41, 5.74) is 2.37. The topological polar surface area (TPSA) is 179 Å². The second-order valence-corrected chi connectivity index (χ2v) is 15.8. The van der Waals surface area contributed by atoms with Crippen LogP contribution in [-0.2, 0) is 32.7 Å².